The average molecular weight is 161 g/mol. The van der Waals surface area contributed by atoms with E-state index in [9.17, 15) is 0 Å². The van der Waals surface area contributed by atoms with Crippen LogP contribution < -0.4 is 0 Å². The third-order valence-electron chi connectivity index (χ3n) is 0.726. The predicted molar refractivity (Wildman–Crippen MR) is 29.8 cm³/mol. The van der Waals surface area contributed by atoms with E-state index < -0.39 is 0 Å². The molecule has 0 atom stereocenters. The van der Waals surface area contributed by atoms with Crippen LogP contribution in [0.25, 0.3) is 0 Å². The van der Waals surface area contributed by atoms with E-state index in [2.05, 4.69) is 0 Å². The Morgan fingerprint density at radius 1 is 1.57 bits per heavy atom. The van der Waals surface area contributed by atoms with Crippen LogP contribution in [-0.4, -0.2) is 19.6 Å². The van der Waals surface area contributed by atoms with Gasteiger partial charge in [0, 0.05) is 0 Å². The first-order valence-electron chi connectivity index (χ1n) is 2.04. The van der Waals surface area contributed by atoms with Gasteiger partial charge in [-0.3, -0.25) is 0 Å². The van der Waals surface area contributed by atoms with Gasteiger partial charge < -0.3 is 0 Å². The predicted octanol–water partition coefficient (Wildman–Crippen LogP) is 0.758. The van der Waals surface area contributed by atoms with Crippen LogP contribution in [0.1, 0.15) is 4.44 Å². The van der Waals surface area contributed by atoms with Gasteiger partial charge in [0.05, 0.1) is 0 Å². The summed E-state index contributed by atoms with van der Waals surface area (Å²) in [5, 5.41) is 8.74. The summed E-state index contributed by atoms with van der Waals surface area (Å²) in [6.45, 7) is 2.03. The molecule has 7 heavy (non-hydrogen) atoms. The van der Waals surface area contributed by atoms with Gasteiger partial charge in [-0.1, -0.05) is 0 Å². The van der Waals surface area contributed by atoms with Crippen molar-refractivity contribution in [2.24, 2.45) is 0 Å². The van der Waals surface area contributed by atoms with E-state index >= 15 is 0 Å². The minimum atomic E-state index is 0.264. The fourth-order valence-electron chi connectivity index (χ4n) is 0.422. The summed E-state index contributed by atoms with van der Waals surface area (Å²) in [4.78, 5) is 0. The molecule has 2 heteroatoms. The SMILES string of the molecule is Cc1ccc(O)[se]1. The van der Waals surface area contributed by atoms with Gasteiger partial charge >= 0.3 is 47.7 Å². The normalized spacial score (nSPS) is 9.29. The van der Waals surface area contributed by atoms with Gasteiger partial charge in [-0.15, -0.1) is 0 Å². The van der Waals surface area contributed by atoms with Crippen LogP contribution in [0.3, 0.4) is 0 Å². The molecular formula is C5H6OSe. The van der Waals surface area contributed by atoms with Crippen molar-refractivity contribution >= 4 is 14.5 Å². The topological polar surface area (TPSA) is 20.2 Å². The van der Waals surface area contributed by atoms with Gasteiger partial charge in [0.25, 0.3) is 0 Å². The first-order chi connectivity index (χ1) is 3.29. The van der Waals surface area contributed by atoms with Crippen molar-refractivity contribution in [3.05, 3.63) is 16.6 Å². The summed E-state index contributed by atoms with van der Waals surface area (Å²) in [6.07, 6.45) is 0. The van der Waals surface area contributed by atoms with E-state index in [1.54, 1.807) is 6.07 Å². The Labute approximate surface area is 48.3 Å². The second-order valence-electron chi connectivity index (χ2n) is 1.38. The van der Waals surface area contributed by atoms with Gasteiger partial charge in [-0.25, -0.2) is 0 Å². The maximum atomic E-state index is 8.74. The molecule has 0 unspecified atom stereocenters. The Bertz CT molecular complexity index is 140. The van der Waals surface area contributed by atoms with Crippen LogP contribution >= 0.6 is 0 Å². The minimum absolute atomic E-state index is 0.264. The van der Waals surface area contributed by atoms with E-state index in [0.29, 0.717) is 4.62 Å². The first-order valence-corrected chi connectivity index (χ1v) is 3.76. The summed E-state index contributed by atoms with van der Waals surface area (Å²) < 4.78 is 1.84. The summed E-state index contributed by atoms with van der Waals surface area (Å²) in [7, 11) is 0. The molecule has 0 aliphatic rings. The zero-order valence-corrected chi connectivity index (χ0v) is 5.72. The standard InChI is InChI=1S/C5H6OSe/c1-4-2-3-5(6)7-4/h2-3,6H,1H3. The molecule has 38 valence electrons. The molecule has 1 aromatic rings. The molecule has 1 nitrogen and oxygen atoms in total. The third kappa shape index (κ3) is 1.08. The van der Waals surface area contributed by atoms with Crippen molar-refractivity contribution in [1.82, 2.24) is 0 Å². The number of aryl methyl sites for hydroxylation is 1. The fourth-order valence-corrected chi connectivity index (χ4v) is 1.68. The molecule has 1 rings (SSSR count). The molecule has 0 amide bonds. The molecule has 0 aromatic carbocycles. The van der Waals surface area contributed by atoms with Crippen LogP contribution in [0.15, 0.2) is 12.1 Å². The van der Waals surface area contributed by atoms with Crippen LogP contribution in [0.4, 0.5) is 0 Å². The van der Waals surface area contributed by atoms with Crippen molar-refractivity contribution in [3.63, 3.8) is 0 Å². The van der Waals surface area contributed by atoms with Crippen molar-refractivity contribution in [1.29, 1.82) is 0 Å². The summed E-state index contributed by atoms with van der Waals surface area (Å²) in [6, 6.07) is 3.71. The third-order valence-corrected chi connectivity index (χ3v) is 2.41. The Kier molecular flexibility index (Phi) is 1.22. The summed E-state index contributed by atoms with van der Waals surface area (Å²) >= 11 is 0.264. The second kappa shape index (κ2) is 1.73. The molecule has 0 saturated heterocycles. The van der Waals surface area contributed by atoms with Crippen LogP contribution in [0.2, 0.25) is 0 Å². The van der Waals surface area contributed by atoms with Gasteiger partial charge in [0.2, 0.25) is 0 Å². The molecule has 1 aromatic heterocycles. The monoisotopic (exact) mass is 162 g/mol. The molecule has 0 aliphatic heterocycles. The van der Waals surface area contributed by atoms with E-state index in [4.69, 9.17) is 5.11 Å². The molecule has 0 aliphatic carbocycles. The van der Waals surface area contributed by atoms with E-state index in [1.165, 1.54) is 4.44 Å². The molecule has 1 heterocycles. The van der Waals surface area contributed by atoms with Gasteiger partial charge in [-0.2, -0.15) is 0 Å². The van der Waals surface area contributed by atoms with Crippen molar-refractivity contribution in [3.8, 4) is 4.62 Å². The molecule has 0 bridgehead atoms. The van der Waals surface area contributed by atoms with Crippen LogP contribution in [0, 0.1) is 6.92 Å². The van der Waals surface area contributed by atoms with Gasteiger partial charge in [0.15, 0.2) is 0 Å². The molecule has 0 spiro atoms. The Morgan fingerprint density at radius 3 is 2.43 bits per heavy atom. The number of hydrogen-bond donors (Lipinski definition) is 1. The molecule has 0 fully saturated rings. The van der Waals surface area contributed by atoms with Gasteiger partial charge in [0.1, 0.15) is 0 Å². The molecule has 0 radical (unpaired) electrons. The zero-order chi connectivity index (χ0) is 5.28. The Morgan fingerprint density at radius 2 is 2.29 bits per heavy atom. The van der Waals surface area contributed by atoms with E-state index in [1.807, 2.05) is 13.0 Å². The van der Waals surface area contributed by atoms with Crippen LogP contribution in [-0.2, 0) is 0 Å². The summed E-state index contributed by atoms with van der Waals surface area (Å²) in [5.41, 5.74) is 0. The first kappa shape index (κ1) is 4.95. The number of rotatable bonds is 0. The zero-order valence-electron chi connectivity index (χ0n) is 4.01. The van der Waals surface area contributed by atoms with Gasteiger partial charge in [-0.05, 0) is 0 Å². The molecule has 0 saturated carbocycles. The quantitative estimate of drug-likeness (QED) is 0.557. The number of aromatic hydroxyl groups is 1. The Balaban J connectivity index is 3.04. The van der Waals surface area contributed by atoms with Crippen molar-refractivity contribution in [2.75, 3.05) is 0 Å². The van der Waals surface area contributed by atoms with Crippen molar-refractivity contribution in [2.45, 2.75) is 6.92 Å². The van der Waals surface area contributed by atoms with Crippen LogP contribution in [0.5, 0.6) is 4.62 Å². The number of hydrogen-bond acceptors (Lipinski definition) is 1. The maximum absolute atomic E-state index is 8.74. The average Bonchev–Trinajstić information content (AvgIpc) is 1.87. The molecular weight excluding hydrogens is 155 g/mol. The van der Waals surface area contributed by atoms with Crippen molar-refractivity contribution < 1.29 is 5.11 Å². The fraction of sp³-hybridized carbons (Fsp3) is 0.200. The summed E-state index contributed by atoms with van der Waals surface area (Å²) in [5.74, 6) is 0. The van der Waals surface area contributed by atoms with E-state index in [-0.39, 0.29) is 14.5 Å². The molecule has 1 N–H and O–H groups in total. The second-order valence-corrected chi connectivity index (χ2v) is 4.04. The Hall–Kier alpha value is -0.201. The van der Waals surface area contributed by atoms with E-state index in [0.717, 1.165) is 0 Å².